The van der Waals surface area contributed by atoms with Crippen LogP contribution in [0.1, 0.15) is 126 Å². The third-order valence-electron chi connectivity index (χ3n) is 7.76. The molecular weight excluding hydrogens is 668 g/mol. The van der Waals surface area contributed by atoms with Crippen LogP contribution in [0.4, 0.5) is 0 Å². The number of rotatable bonds is 4. The summed E-state index contributed by atoms with van der Waals surface area (Å²) in [6.45, 7) is 13.6. The fraction of sp³-hybridized carbons (Fsp3) is 0.583. The Morgan fingerprint density at radius 3 is 1.52 bits per heavy atom. The van der Waals surface area contributed by atoms with Gasteiger partial charge in [-0.3, -0.25) is 14.4 Å². The molecule has 0 spiro atoms. The van der Waals surface area contributed by atoms with Crippen molar-refractivity contribution in [2.75, 3.05) is 27.3 Å². The number of ketones is 1. The molecule has 0 unspecified atom stereocenters. The van der Waals surface area contributed by atoms with Crippen LogP contribution in [0.15, 0.2) is 36.4 Å². The van der Waals surface area contributed by atoms with E-state index in [1.54, 1.807) is 37.3 Å². The molecule has 48 heavy (non-hydrogen) atoms. The molecular formula is C36H56Cl2NNaO8. The van der Waals surface area contributed by atoms with E-state index < -0.39 is 11.0 Å². The maximum atomic E-state index is 12.5. The van der Waals surface area contributed by atoms with Crippen LogP contribution in [0.25, 0.3) is 0 Å². The van der Waals surface area contributed by atoms with Crippen molar-refractivity contribution < 1.29 is 69.1 Å². The summed E-state index contributed by atoms with van der Waals surface area (Å²) in [5.74, 6) is 0.328. The smallest absolute Gasteiger partial charge is 0.870 e. The molecule has 12 heteroatoms. The first-order chi connectivity index (χ1) is 20.4. The summed E-state index contributed by atoms with van der Waals surface area (Å²) in [5.41, 5.74) is 3.17. The van der Waals surface area contributed by atoms with Crippen molar-refractivity contribution in [3.05, 3.63) is 58.7 Å². The molecule has 0 aromatic heterocycles. The molecule has 0 atom stereocenters. The number of aliphatic hydroxyl groups is 2. The van der Waals surface area contributed by atoms with E-state index in [1.165, 1.54) is 0 Å². The van der Waals surface area contributed by atoms with Gasteiger partial charge in [-0.2, -0.15) is 0 Å². The zero-order valence-electron chi connectivity index (χ0n) is 29.4. The Bertz CT molecular complexity index is 1290. The van der Waals surface area contributed by atoms with Crippen molar-refractivity contribution in [2.24, 2.45) is 0 Å². The van der Waals surface area contributed by atoms with E-state index in [9.17, 15) is 14.4 Å². The number of halogens is 2. The summed E-state index contributed by atoms with van der Waals surface area (Å²) in [6, 6.07) is 10.9. The molecule has 4 rings (SSSR count). The average molecular weight is 725 g/mol. The van der Waals surface area contributed by atoms with Gasteiger partial charge in [0.05, 0.1) is 14.2 Å². The Balaban J connectivity index is -0.000000661. The molecule has 1 amide bonds. The minimum Gasteiger partial charge on any atom is -0.870 e. The molecule has 9 nitrogen and oxygen atoms in total. The third kappa shape index (κ3) is 15.9. The number of nitrogens with zero attached hydrogens (tertiary/aromatic N) is 1. The van der Waals surface area contributed by atoms with Crippen LogP contribution in [0.3, 0.4) is 0 Å². The number of methoxy groups -OCH3 is 2. The first-order valence-corrected chi connectivity index (χ1v) is 15.6. The van der Waals surface area contributed by atoms with Crippen LogP contribution in [0.2, 0.25) is 0 Å². The van der Waals surface area contributed by atoms with Crippen LogP contribution in [-0.4, -0.2) is 70.6 Å². The van der Waals surface area contributed by atoms with Gasteiger partial charge in [-0.1, -0.05) is 67.5 Å². The minimum absolute atomic E-state index is 0. The van der Waals surface area contributed by atoms with Crippen LogP contribution < -0.4 is 39.0 Å². The number of carbonyl (C=O) groups is 3. The number of benzene rings is 2. The molecule has 1 aliphatic carbocycles. The average Bonchev–Trinajstić information content (AvgIpc) is 2.96. The fourth-order valence-corrected chi connectivity index (χ4v) is 5.25. The zero-order chi connectivity index (χ0) is 33.3. The van der Waals surface area contributed by atoms with Gasteiger partial charge in [-0.05, 0) is 70.7 Å². The topological polar surface area (TPSA) is 143 Å². The van der Waals surface area contributed by atoms with Crippen molar-refractivity contribution in [1.82, 2.24) is 4.90 Å². The zero-order valence-corrected chi connectivity index (χ0v) is 33.0. The third-order valence-corrected chi connectivity index (χ3v) is 7.97. The van der Waals surface area contributed by atoms with Crippen molar-refractivity contribution in [3.63, 3.8) is 0 Å². The monoisotopic (exact) mass is 723 g/mol. The number of likely N-dealkylation sites (tertiary alicyclic amines) is 1. The molecule has 1 saturated heterocycles. The Hall–Kier alpha value is -1.69. The van der Waals surface area contributed by atoms with Gasteiger partial charge >= 0.3 is 29.6 Å². The van der Waals surface area contributed by atoms with Crippen LogP contribution in [0, 0.1) is 0 Å². The number of Topliss-reactive ketones (excluding diaryl/α,β-unsaturated/α-hetero) is 1. The number of amides is 1. The maximum absolute atomic E-state index is 12.5. The largest absolute Gasteiger partial charge is 1.00 e. The molecule has 0 bridgehead atoms. The van der Waals surface area contributed by atoms with E-state index in [-0.39, 0.29) is 77.4 Å². The van der Waals surface area contributed by atoms with Gasteiger partial charge in [-0.25, -0.2) is 0 Å². The number of piperidine rings is 1. The van der Waals surface area contributed by atoms with Gasteiger partial charge in [0.1, 0.15) is 17.3 Å². The van der Waals surface area contributed by atoms with Gasteiger partial charge in [-0.15, -0.1) is 12.4 Å². The minimum atomic E-state index is -1.32. The van der Waals surface area contributed by atoms with Gasteiger partial charge in [0.25, 0.3) is 11.1 Å². The van der Waals surface area contributed by atoms with Crippen molar-refractivity contribution >= 4 is 40.9 Å². The second kappa shape index (κ2) is 22.2. The Kier molecular flexibility index (Phi) is 23.4. The van der Waals surface area contributed by atoms with Gasteiger partial charge in [0, 0.05) is 49.9 Å². The molecule has 2 fully saturated rings. The number of hydrogen-bond acceptors (Lipinski definition) is 8. The van der Waals surface area contributed by atoms with Crippen LogP contribution in [-0.2, 0) is 15.6 Å². The van der Waals surface area contributed by atoms with E-state index in [0.717, 1.165) is 36.1 Å². The normalized spacial score (nSPS) is 15.1. The predicted octanol–water partition coefficient (Wildman–Crippen LogP) is 4.69. The summed E-state index contributed by atoms with van der Waals surface area (Å²) >= 11 is 5.40. The van der Waals surface area contributed by atoms with Gasteiger partial charge in [0.15, 0.2) is 5.79 Å². The molecule has 3 N–H and O–H groups in total. The number of ether oxygens (including phenoxy) is 2. The molecule has 0 radical (unpaired) electrons. The SMILES string of the molecule is C.COc1cc(C(=O)Cl)ccc1C(C)(C)C.COc1cc(C(=O)N2CCC(=O)CC2)ccc1C(C)(C)C.Cl.OC1(O)CCCCC1.[Na+].[OH-]. The first-order valence-electron chi connectivity index (χ1n) is 15.2. The summed E-state index contributed by atoms with van der Waals surface area (Å²) in [7, 11) is 3.21. The molecule has 1 aliphatic heterocycles. The van der Waals surface area contributed by atoms with Crippen LogP contribution in [0.5, 0.6) is 11.5 Å². The van der Waals surface area contributed by atoms with Crippen molar-refractivity contribution in [2.45, 2.75) is 111 Å². The Morgan fingerprint density at radius 1 is 0.792 bits per heavy atom. The van der Waals surface area contributed by atoms with E-state index in [1.807, 2.05) is 18.2 Å². The van der Waals surface area contributed by atoms with E-state index in [0.29, 0.717) is 55.6 Å². The van der Waals surface area contributed by atoms with Crippen molar-refractivity contribution in [1.29, 1.82) is 0 Å². The second-order valence-corrected chi connectivity index (χ2v) is 13.8. The standard InChI is InChI=1S/C17H23NO3.C12H15ClO2.C6H12O2.CH4.ClH.Na.H2O/c1-17(2,3)14-6-5-12(11-15(14)21-4)16(20)18-9-7-13(19)8-10-18;1-12(2,3)9-6-5-8(11(13)14)7-10(9)15-4;7-6(8)4-2-1-3-5-6;;;;/h5-6,11H,7-10H2,1-4H3;5-7H,1-4H3;7-8H,1-5H2;1H4;1H;;1H2/q;;;;;+1;/p-1. The number of carbonyl (C=O) groups excluding carboxylic acids is 3. The maximum Gasteiger partial charge on any atom is 1.00 e. The quantitative estimate of drug-likeness (QED) is 0.263. The fourth-order valence-electron chi connectivity index (χ4n) is 5.14. The van der Waals surface area contributed by atoms with Crippen LogP contribution >= 0.6 is 24.0 Å². The van der Waals surface area contributed by atoms with E-state index in [4.69, 9.17) is 31.3 Å². The van der Waals surface area contributed by atoms with Gasteiger partial charge in [0.2, 0.25) is 0 Å². The molecule has 1 saturated carbocycles. The molecule has 2 aromatic rings. The summed E-state index contributed by atoms with van der Waals surface area (Å²) in [4.78, 5) is 36.5. The predicted molar refractivity (Wildman–Crippen MR) is 190 cm³/mol. The summed E-state index contributed by atoms with van der Waals surface area (Å²) in [6.07, 6.45) is 5.13. The van der Waals surface area contributed by atoms with Gasteiger partial charge < -0.3 is 30.1 Å². The molecule has 268 valence electrons. The summed E-state index contributed by atoms with van der Waals surface area (Å²) in [5, 5.41) is 17.4. The molecule has 2 aromatic carbocycles. The Labute approximate surface area is 321 Å². The number of hydrogen-bond donors (Lipinski definition) is 2. The van der Waals surface area contributed by atoms with E-state index >= 15 is 0 Å². The Morgan fingerprint density at radius 2 is 1.19 bits per heavy atom. The van der Waals surface area contributed by atoms with E-state index in [2.05, 4.69) is 41.5 Å². The first kappa shape index (κ1) is 50.7. The molecule has 1 heterocycles. The second-order valence-electron chi connectivity index (χ2n) is 13.5. The van der Waals surface area contributed by atoms with Crippen molar-refractivity contribution in [3.8, 4) is 11.5 Å². The summed E-state index contributed by atoms with van der Waals surface area (Å²) < 4.78 is 10.7. The molecule has 2 aliphatic rings.